The first-order chi connectivity index (χ1) is 14.2. The van der Waals surface area contributed by atoms with Crippen molar-refractivity contribution in [1.82, 2.24) is 20.4 Å². The molecule has 2 heterocycles. The highest BCUT2D eigenvalue weighted by atomic mass is 127. The number of aliphatic imine (C=N–C) groups is 1. The Hall–Kier alpha value is -0.570. The van der Waals surface area contributed by atoms with Crippen LogP contribution in [-0.2, 0) is 4.79 Å². The number of likely N-dealkylation sites (tertiary alicyclic amines) is 2. The molecule has 174 valence electrons. The normalized spacial score (nSPS) is 23.5. The Morgan fingerprint density at radius 3 is 2.23 bits per heavy atom. The summed E-state index contributed by atoms with van der Waals surface area (Å²) in [5, 5.41) is 6.32. The van der Waals surface area contributed by atoms with Crippen LogP contribution in [0.5, 0.6) is 0 Å². The molecule has 0 unspecified atom stereocenters. The summed E-state index contributed by atoms with van der Waals surface area (Å²) in [4.78, 5) is 22.1. The van der Waals surface area contributed by atoms with Gasteiger partial charge in [-0.3, -0.25) is 14.7 Å². The van der Waals surface area contributed by atoms with Gasteiger partial charge in [0, 0.05) is 38.6 Å². The SMILES string of the molecule is CCNC(=NCC1(N2CCCCC2)CCCCC1)N1CCC(CC(=O)NC)CC1.I. The highest BCUT2D eigenvalue weighted by molar-refractivity contribution is 14.0. The molecule has 0 bridgehead atoms. The predicted octanol–water partition coefficient (Wildman–Crippen LogP) is 3.61. The van der Waals surface area contributed by atoms with Gasteiger partial charge >= 0.3 is 0 Å². The average molecular weight is 534 g/mol. The van der Waals surface area contributed by atoms with Gasteiger partial charge in [0.15, 0.2) is 5.96 Å². The molecule has 0 radical (unpaired) electrons. The van der Waals surface area contributed by atoms with E-state index in [2.05, 4.69) is 27.4 Å². The van der Waals surface area contributed by atoms with Crippen molar-refractivity contribution >= 4 is 35.8 Å². The summed E-state index contributed by atoms with van der Waals surface area (Å²) < 4.78 is 0. The molecule has 0 spiro atoms. The van der Waals surface area contributed by atoms with Gasteiger partial charge in [-0.05, 0) is 64.5 Å². The third kappa shape index (κ3) is 6.97. The fourth-order valence-electron chi connectivity index (χ4n) is 5.51. The Bertz CT molecular complexity index is 536. The molecule has 2 aliphatic heterocycles. The van der Waals surface area contributed by atoms with Crippen LogP contribution in [0, 0.1) is 5.92 Å². The summed E-state index contributed by atoms with van der Waals surface area (Å²) in [5.41, 5.74) is 0.289. The minimum absolute atomic E-state index is 0. The fourth-order valence-corrected chi connectivity index (χ4v) is 5.51. The van der Waals surface area contributed by atoms with Crippen LogP contribution in [0.4, 0.5) is 0 Å². The summed E-state index contributed by atoms with van der Waals surface area (Å²) >= 11 is 0. The van der Waals surface area contributed by atoms with E-state index in [9.17, 15) is 4.79 Å². The third-order valence-electron chi connectivity index (χ3n) is 7.34. The molecule has 0 atom stereocenters. The van der Waals surface area contributed by atoms with Crippen molar-refractivity contribution < 1.29 is 4.79 Å². The maximum atomic E-state index is 11.7. The molecule has 3 fully saturated rings. The molecule has 2 saturated heterocycles. The van der Waals surface area contributed by atoms with Gasteiger partial charge in [-0.1, -0.05) is 25.7 Å². The number of rotatable bonds is 6. The van der Waals surface area contributed by atoms with Crippen molar-refractivity contribution in [3.8, 4) is 0 Å². The first-order valence-electron chi connectivity index (χ1n) is 12.2. The van der Waals surface area contributed by atoms with Crippen LogP contribution < -0.4 is 10.6 Å². The zero-order valence-electron chi connectivity index (χ0n) is 19.3. The molecule has 1 saturated carbocycles. The molecule has 1 amide bonds. The minimum Gasteiger partial charge on any atom is -0.359 e. The second-order valence-electron chi connectivity index (χ2n) is 9.31. The van der Waals surface area contributed by atoms with Gasteiger partial charge in [0.2, 0.25) is 5.91 Å². The molecule has 2 N–H and O–H groups in total. The molecule has 0 aromatic carbocycles. The summed E-state index contributed by atoms with van der Waals surface area (Å²) in [5.74, 6) is 1.77. The lowest BCUT2D eigenvalue weighted by Gasteiger charge is -2.47. The second kappa shape index (κ2) is 13.1. The van der Waals surface area contributed by atoms with E-state index in [0.717, 1.165) is 45.0 Å². The number of amides is 1. The number of halogens is 1. The Kier molecular flexibility index (Phi) is 11.2. The van der Waals surface area contributed by atoms with E-state index in [1.54, 1.807) is 7.05 Å². The topological polar surface area (TPSA) is 60.0 Å². The van der Waals surface area contributed by atoms with Crippen LogP contribution in [-0.4, -0.2) is 73.5 Å². The van der Waals surface area contributed by atoms with E-state index in [1.165, 1.54) is 64.5 Å². The number of hydrogen-bond acceptors (Lipinski definition) is 3. The van der Waals surface area contributed by atoms with E-state index in [0.29, 0.717) is 12.3 Å². The Morgan fingerprint density at radius 1 is 1.00 bits per heavy atom. The number of carbonyl (C=O) groups is 1. The molecule has 7 heteroatoms. The van der Waals surface area contributed by atoms with Crippen molar-refractivity contribution in [2.24, 2.45) is 10.9 Å². The minimum atomic E-state index is 0. The zero-order chi connectivity index (χ0) is 20.5. The van der Waals surface area contributed by atoms with E-state index in [-0.39, 0.29) is 35.4 Å². The first-order valence-corrected chi connectivity index (χ1v) is 12.2. The molecule has 0 aromatic heterocycles. The quantitative estimate of drug-likeness (QED) is 0.311. The van der Waals surface area contributed by atoms with Gasteiger partial charge in [-0.2, -0.15) is 0 Å². The largest absolute Gasteiger partial charge is 0.359 e. The molecular formula is C23H44IN5O. The van der Waals surface area contributed by atoms with Gasteiger partial charge in [-0.25, -0.2) is 0 Å². The Morgan fingerprint density at radius 2 is 1.63 bits per heavy atom. The lowest BCUT2D eigenvalue weighted by atomic mass is 9.79. The van der Waals surface area contributed by atoms with Crippen molar-refractivity contribution in [3.63, 3.8) is 0 Å². The summed E-state index contributed by atoms with van der Waals surface area (Å²) in [6, 6.07) is 0. The standard InChI is InChI=1S/C23H43N5O.HI/c1-3-25-22(27-16-10-20(11-17-27)18-21(29)24-2)26-19-23(12-6-4-7-13-23)28-14-8-5-9-15-28;/h20H,3-19H2,1-2H3,(H,24,29)(H,25,26);1H. The molecule has 6 nitrogen and oxygen atoms in total. The van der Waals surface area contributed by atoms with E-state index in [1.807, 2.05) is 0 Å². The van der Waals surface area contributed by atoms with Crippen molar-refractivity contribution in [2.75, 3.05) is 46.3 Å². The van der Waals surface area contributed by atoms with Crippen LogP contribution in [0.15, 0.2) is 4.99 Å². The van der Waals surface area contributed by atoms with Gasteiger partial charge in [0.25, 0.3) is 0 Å². The number of guanidine groups is 1. The third-order valence-corrected chi connectivity index (χ3v) is 7.34. The molecule has 0 aromatic rings. The highest BCUT2D eigenvalue weighted by Crippen LogP contribution is 2.36. The lowest BCUT2D eigenvalue weighted by Crippen LogP contribution is -2.55. The molecule has 3 aliphatic rings. The number of nitrogens with one attached hydrogen (secondary N) is 2. The van der Waals surface area contributed by atoms with Gasteiger partial charge < -0.3 is 15.5 Å². The van der Waals surface area contributed by atoms with Crippen molar-refractivity contribution in [1.29, 1.82) is 0 Å². The van der Waals surface area contributed by atoms with Crippen LogP contribution in [0.2, 0.25) is 0 Å². The summed E-state index contributed by atoms with van der Waals surface area (Å²) in [6.45, 7) is 8.54. The number of nitrogens with zero attached hydrogens (tertiary/aromatic N) is 3. The van der Waals surface area contributed by atoms with E-state index >= 15 is 0 Å². The van der Waals surface area contributed by atoms with Gasteiger partial charge in [0.1, 0.15) is 0 Å². The average Bonchev–Trinajstić information content (AvgIpc) is 2.78. The van der Waals surface area contributed by atoms with Gasteiger partial charge in [-0.15, -0.1) is 24.0 Å². The Balaban J connectivity index is 0.00000320. The number of piperidine rings is 2. The predicted molar refractivity (Wildman–Crippen MR) is 136 cm³/mol. The monoisotopic (exact) mass is 533 g/mol. The van der Waals surface area contributed by atoms with Crippen LogP contribution >= 0.6 is 24.0 Å². The molecule has 1 aliphatic carbocycles. The van der Waals surface area contributed by atoms with Gasteiger partial charge in [0.05, 0.1) is 6.54 Å². The van der Waals surface area contributed by atoms with E-state index in [4.69, 9.17) is 4.99 Å². The van der Waals surface area contributed by atoms with Crippen molar-refractivity contribution in [3.05, 3.63) is 0 Å². The maximum Gasteiger partial charge on any atom is 0.220 e. The van der Waals surface area contributed by atoms with Crippen LogP contribution in [0.1, 0.15) is 77.6 Å². The Labute approximate surface area is 201 Å². The molecular weight excluding hydrogens is 489 g/mol. The molecule has 30 heavy (non-hydrogen) atoms. The summed E-state index contributed by atoms with van der Waals surface area (Å²) in [6.07, 6.45) is 13.6. The zero-order valence-corrected chi connectivity index (χ0v) is 21.6. The molecule has 3 rings (SSSR count). The lowest BCUT2D eigenvalue weighted by molar-refractivity contribution is -0.121. The second-order valence-corrected chi connectivity index (χ2v) is 9.31. The number of carbonyl (C=O) groups excluding carboxylic acids is 1. The number of hydrogen-bond donors (Lipinski definition) is 2. The van der Waals surface area contributed by atoms with E-state index < -0.39 is 0 Å². The fraction of sp³-hybridized carbons (Fsp3) is 0.913. The van der Waals surface area contributed by atoms with Crippen LogP contribution in [0.3, 0.4) is 0 Å². The van der Waals surface area contributed by atoms with Crippen molar-refractivity contribution in [2.45, 2.75) is 83.1 Å². The smallest absolute Gasteiger partial charge is 0.220 e. The van der Waals surface area contributed by atoms with Crippen LogP contribution in [0.25, 0.3) is 0 Å². The highest BCUT2D eigenvalue weighted by Gasteiger charge is 2.38. The summed E-state index contributed by atoms with van der Waals surface area (Å²) in [7, 11) is 1.73. The maximum absolute atomic E-state index is 11.7. The first kappa shape index (κ1) is 25.7.